The second kappa shape index (κ2) is 8.97. The smallest absolute Gasteiger partial charge is 0.0803 e. The summed E-state index contributed by atoms with van der Waals surface area (Å²) in [4.78, 5) is 0. The van der Waals surface area contributed by atoms with Gasteiger partial charge in [0.2, 0.25) is 0 Å². The van der Waals surface area contributed by atoms with Crippen molar-refractivity contribution in [2.45, 2.75) is 58.6 Å². The summed E-state index contributed by atoms with van der Waals surface area (Å²) in [7, 11) is 1.75. The lowest BCUT2D eigenvalue weighted by Gasteiger charge is -2.37. The molecule has 0 amide bonds. The molecule has 0 bridgehead atoms. The molecule has 98 valence electrons. The number of nitrogens with one attached hydrogen (secondary N) is 1. The SMILES string of the molecule is CCNC(CCCOC)C(C)(CC)OCC. The molecule has 0 spiro atoms. The van der Waals surface area contributed by atoms with Crippen molar-refractivity contribution >= 4 is 0 Å². The van der Waals surface area contributed by atoms with Crippen molar-refractivity contribution in [1.82, 2.24) is 5.32 Å². The van der Waals surface area contributed by atoms with Crippen LogP contribution in [0.4, 0.5) is 0 Å². The number of hydrogen-bond donors (Lipinski definition) is 1. The third-order valence-corrected chi connectivity index (χ3v) is 3.20. The first-order chi connectivity index (χ1) is 7.64. The second-order valence-corrected chi connectivity index (χ2v) is 4.34. The van der Waals surface area contributed by atoms with Crippen LogP contribution >= 0.6 is 0 Å². The number of ether oxygens (including phenoxy) is 2. The van der Waals surface area contributed by atoms with Crippen molar-refractivity contribution in [3.63, 3.8) is 0 Å². The van der Waals surface area contributed by atoms with Gasteiger partial charge in [0.15, 0.2) is 0 Å². The fourth-order valence-corrected chi connectivity index (χ4v) is 2.08. The van der Waals surface area contributed by atoms with Crippen LogP contribution in [0.15, 0.2) is 0 Å². The van der Waals surface area contributed by atoms with E-state index < -0.39 is 0 Å². The van der Waals surface area contributed by atoms with Crippen LogP contribution in [0.1, 0.15) is 47.0 Å². The predicted molar refractivity (Wildman–Crippen MR) is 68.9 cm³/mol. The van der Waals surface area contributed by atoms with Crippen molar-refractivity contribution in [3.05, 3.63) is 0 Å². The largest absolute Gasteiger partial charge is 0.385 e. The summed E-state index contributed by atoms with van der Waals surface area (Å²) in [5, 5.41) is 3.54. The van der Waals surface area contributed by atoms with Gasteiger partial charge in [-0.2, -0.15) is 0 Å². The molecule has 1 N–H and O–H groups in total. The van der Waals surface area contributed by atoms with E-state index in [1.807, 2.05) is 0 Å². The van der Waals surface area contributed by atoms with Crippen LogP contribution in [0.25, 0.3) is 0 Å². The van der Waals surface area contributed by atoms with Crippen molar-refractivity contribution in [2.75, 3.05) is 26.9 Å². The summed E-state index contributed by atoms with van der Waals surface area (Å²) < 4.78 is 11.0. The summed E-state index contributed by atoms with van der Waals surface area (Å²) >= 11 is 0. The molecule has 0 heterocycles. The van der Waals surface area contributed by atoms with E-state index in [9.17, 15) is 0 Å². The molecule has 0 aliphatic rings. The Morgan fingerprint density at radius 2 is 1.94 bits per heavy atom. The molecule has 3 heteroatoms. The first-order valence-electron chi connectivity index (χ1n) is 6.50. The number of likely N-dealkylation sites (N-methyl/N-ethyl adjacent to an activating group) is 1. The molecule has 0 radical (unpaired) electrons. The first kappa shape index (κ1) is 15.9. The summed E-state index contributed by atoms with van der Waals surface area (Å²) in [5.74, 6) is 0. The van der Waals surface area contributed by atoms with Gasteiger partial charge in [0.25, 0.3) is 0 Å². The molecule has 0 saturated carbocycles. The van der Waals surface area contributed by atoms with E-state index in [4.69, 9.17) is 9.47 Å². The van der Waals surface area contributed by atoms with Crippen molar-refractivity contribution in [1.29, 1.82) is 0 Å². The number of methoxy groups -OCH3 is 1. The lowest BCUT2D eigenvalue weighted by atomic mass is 9.89. The Balaban J connectivity index is 4.32. The number of rotatable bonds is 10. The molecular weight excluding hydrogens is 202 g/mol. The average molecular weight is 231 g/mol. The molecule has 0 fully saturated rings. The maximum absolute atomic E-state index is 5.92. The topological polar surface area (TPSA) is 30.5 Å². The van der Waals surface area contributed by atoms with Crippen molar-refractivity contribution in [2.24, 2.45) is 0 Å². The van der Waals surface area contributed by atoms with Crippen LogP contribution < -0.4 is 5.32 Å². The highest BCUT2D eigenvalue weighted by molar-refractivity contribution is 4.88. The summed E-state index contributed by atoms with van der Waals surface area (Å²) in [6.45, 7) is 11.2. The molecule has 0 rings (SSSR count). The summed E-state index contributed by atoms with van der Waals surface area (Å²) in [6, 6.07) is 0.414. The van der Waals surface area contributed by atoms with E-state index in [1.54, 1.807) is 7.11 Å². The van der Waals surface area contributed by atoms with Gasteiger partial charge in [-0.1, -0.05) is 13.8 Å². The monoisotopic (exact) mass is 231 g/mol. The zero-order valence-electron chi connectivity index (χ0n) is 11.6. The third-order valence-electron chi connectivity index (χ3n) is 3.20. The Kier molecular flexibility index (Phi) is 8.90. The van der Waals surface area contributed by atoms with E-state index >= 15 is 0 Å². The molecule has 0 aliphatic heterocycles. The lowest BCUT2D eigenvalue weighted by Crippen LogP contribution is -2.50. The van der Waals surface area contributed by atoms with Gasteiger partial charge in [-0.25, -0.2) is 0 Å². The molecule has 16 heavy (non-hydrogen) atoms. The van der Waals surface area contributed by atoms with Gasteiger partial charge in [-0.15, -0.1) is 0 Å². The maximum Gasteiger partial charge on any atom is 0.0803 e. The van der Waals surface area contributed by atoms with E-state index in [0.29, 0.717) is 6.04 Å². The van der Waals surface area contributed by atoms with E-state index in [1.165, 1.54) is 0 Å². The lowest BCUT2D eigenvalue weighted by molar-refractivity contribution is -0.0578. The first-order valence-corrected chi connectivity index (χ1v) is 6.50. The van der Waals surface area contributed by atoms with Gasteiger partial charge in [-0.05, 0) is 39.7 Å². The van der Waals surface area contributed by atoms with Crippen LogP contribution in [0, 0.1) is 0 Å². The second-order valence-electron chi connectivity index (χ2n) is 4.34. The summed E-state index contributed by atoms with van der Waals surface area (Å²) in [6.07, 6.45) is 3.22. The minimum Gasteiger partial charge on any atom is -0.385 e. The highest BCUT2D eigenvalue weighted by Crippen LogP contribution is 2.23. The van der Waals surface area contributed by atoms with Gasteiger partial charge in [0, 0.05) is 26.4 Å². The minimum absolute atomic E-state index is 0.0570. The standard InChI is InChI=1S/C13H29NO2/c1-6-13(4,16-8-3)12(14-7-2)10-9-11-15-5/h12,14H,6-11H2,1-5H3. The Labute approximate surface area is 101 Å². The molecule has 0 aromatic rings. The highest BCUT2D eigenvalue weighted by atomic mass is 16.5. The molecule has 0 aliphatic carbocycles. The fourth-order valence-electron chi connectivity index (χ4n) is 2.08. The van der Waals surface area contributed by atoms with Gasteiger partial charge < -0.3 is 14.8 Å². The molecule has 0 aromatic carbocycles. The van der Waals surface area contributed by atoms with E-state index in [0.717, 1.165) is 39.0 Å². The third kappa shape index (κ3) is 5.28. The van der Waals surface area contributed by atoms with Gasteiger partial charge in [0.1, 0.15) is 0 Å². The van der Waals surface area contributed by atoms with E-state index in [-0.39, 0.29) is 5.60 Å². The Bertz CT molecular complexity index is 164. The fraction of sp³-hybridized carbons (Fsp3) is 1.00. The Morgan fingerprint density at radius 3 is 2.38 bits per heavy atom. The van der Waals surface area contributed by atoms with Gasteiger partial charge in [-0.3, -0.25) is 0 Å². The average Bonchev–Trinajstić information content (AvgIpc) is 2.28. The van der Waals surface area contributed by atoms with Crippen LogP contribution in [-0.4, -0.2) is 38.5 Å². The summed E-state index contributed by atoms with van der Waals surface area (Å²) in [5.41, 5.74) is -0.0570. The van der Waals surface area contributed by atoms with Crippen LogP contribution in [0.5, 0.6) is 0 Å². The predicted octanol–water partition coefficient (Wildman–Crippen LogP) is 2.60. The molecule has 3 nitrogen and oxygen atoms in total. The minimum atomic E-state index is -0.0570. The van der Waals surface area contributed by atoms with Crippen LogP contribution in [-0.2, 0) is 9.47 Å². The molecular formula is C13H29NO2. The number of hydrogen-bond acceptors (Lipinski definition) is 3. The van der Waals surface area contributed by atoms with Crippen LogP contribution in [0.3, 0.4) is 0 Å². The van der Waals surface area contributed by atoms with Crippen LogP contribution in [0.2, 0.25) is 0 Å². The molecule has 0 saturated heterocycles. The van der Waals surface area contributed by atoms with Crippen molar-refractivity contribution in [3.8, 4) is 0 Å². The Morgan fingerprint density at radius 1 is 1.25 bits per heavy atom. The van der Waals surface area contributed by atoms with Crippen molar-refractivity contribution < 1.29 is 9.47 Å². The molecule has 2 atom stereocenters. The highest BCUT2D eigenvalue weighted by Gasteiger charge is 2.32. The maximum atomic E-state index is 5.92. The quantitative estimate of drug-likeness (QED) is 0.586. The molecule has 0 aromatic heterocycles. The molecule has 2 unspecified atom stereocenters. The normalized spacial score (nSPS) is 17.1. The van der Waals surface area contributed by atoms with Gasteiger partial charge >= 0.3 is 0 Å². The zero-order valence-corrected chi connectivity index (χ0v) is 11.6. The van der Waals surface area contributed by atoms with Gasteiger partial charge in [0.05, 0.1) is 5.60 Å². The zero-order chi connectivity index (χ0) is 12.4. The van der Waals surface area contributed by atoms with E-state index in [2.05, 4.69) is 33.0 Å². The Hall–Kier alpha value is -0.120.